The normalized spacial score (nSPS) is 10.8. The fourth-order valence-corrected chi connectivity index (χ4v) is 4.62. The van der Waals surface area contributed by atoms with Gasteiger partial charge in [-0.3, -0.25) is 9.69 Å². The summed E-state index contributed by atoms with van der Waals surface area (Å²) in [6.45, 7) is 5.44. The number of anilines is 2. The van der Waals surface area contributed by atoms with E-state index in [9.17, 15) is 4.79 Å². The molecule has 3 rings (SSSR count). The number of aromatic nitrogens is 3. The second-order valence-electron chi connectivity index (χ2n) is 5.71. The number of amides is 1. The molecule has 0 radical (unpaired) electrons. The summed E-state index contributed by atoms with van der Waals surface area (Å²) in [4.78, 5) is 26.9. The highest BCUT2D eigenvalue weighted by molar-refractivity contribution is 7.98. The van der Waals surface area contributed by atoms with Gasteiger partial charge in [0, 0.05) is 30.5 Å². The van der Waals surface area contributed by atoms with Gasteiger partial charge in [-0.05, 0) is 37.1 Å². The molecule has 0 aliphatic heterocycles. The van der Waals surface area contributed by atoms with Crippen molar-refractivity contribution in [1.29, 1.82) is 0 Å². The molecule has 0 aliphatic rings. The van der Waals surface area contributed by atoms with Crippen LogP contribution in [0.5, 0.6) is 0 Å². The first kappa shape index (κ1) is 18.8. The second kappa shape index (κ2) is 8.16. The highest BCUT2D eigenvalue weighted by Crippen LogP contribution is 2.37. The predicted molar refractivity (Wildman–Crippen MR) is 107 cm³/mol. The molecule has 0 bridgehead atoms. The summed E-state index contributed by atoms with van der Waals surface area (Å²) in [5, 5.41) is 3.79. The van der Waals surface area contributed by atoms with Crippen molar-refractivity contribution in [3.05, 3.63) is 57.8 Å². The molecular weight excluding hydrogens is 388 g/mol. The van der Waals surface area contributed by atoms with E-state index in [1.54, 1.807) is 23.4 Å². The van der Waals surface area contributed by atoms with Crippen LogP contribution in [0, 0.1) is 13.8 Å². The standard InChI is InChI=1S/C18H17ClN4OS2/c1-11-7-12(2)16(15(19)8-11)23(13(3)24)18-22-14(10-26-18)9-25-17-20-5-4-6-21-17/h4-8,10H,9H2,1-3H3. The Balaban J connectivity index is 1.86. The average molecular weight is 405 g/mol. The van der Waals surface area contributed by atoms with E-state index in [1.807, 2.05) is 31.4 Å². The number of thioether (sulfide) groups is 1. The smallest absolute Gasteiger partial charge is 0.230 e. The minimum absolute atomic E-state index is 0.126. The molecule has 5 nitrogen and oxygen atoms in total. The van der Waals surface area contributed by atoms with Crippen LogP contribution in [0.1, 0.15) is 23.7 Å². The molecule has 0 fully saturated rings. The zero-order valence-corrected chi connectivity index (χ0v) is 17.0. The second-order valence-corrected chi connectivity index (χ2v) is 7.89. The summed E-state index contributed by atoms with van der Waals surface area (Å²) >= 11 is 9.36. The van der Waals surface area contributed by atoms with E-state index in [2.05, 4.69) is 15.0 Å². The quantitative estimate of drug-likeness (QED) is 0.433. The lowest BCUT2D eigenvalue weighted by atomic mass is 10.1. The van der Waals surface area contributed by atoms with Crippen molar-refractivity contribution in [2.45, 2.75) is 31.7 Å². The Morgan fingerprint density at radius 2 is 2.00 bits per heavy atom. The lowest BCUT2D eigenvalue weighted by Gasteiger charge is -2.22. The summed E-state index contributed by atoms with van der Waals surface area (Å²) in [6, 6.07) is 5.65. The predicted octanol–water partition coefficient (Wildman–Crippen LogP) is 5.18. The molecule has 0 aliphatic carbocycles. The number of benzene rings is 1. The molecule has 0 spiro atoms. The molecule has 0 saturated heterocycles. The molecule has 0 saturated carbocycles. The topological polar surface area (TPSA) is 59.0 Å². The fraction of sp³-hybridized carbons (Fsp3) is 0.222. The van der Waals surface area contributed by atoms with Crippen molar-refractivity contribution >= 4 is 51.4 Å². The Hall–Kier alpha value is -1.96. The molecular formula is C18H17ClN4OS2. The van der Waals surface area contributed by atoms with Crippen molar-refractivity contribution in [2.24, 2.45) is 0 Å². The highest BCUT2D eigenvalue weighted by Gasteiger charge is 2.22. The van der Waals surface area contributed by atoms with E-state index in [0.29, 0.717) is 26.8 Å². The summed E-state index contributed by atoms with van der Waals surface area (Å²) in [7, 11) is 0. The maximum atomic E-state index is 12.3. The van der Waals surface area contributed by atoms with Gasteiger partial charge < -0.3 is 0 Å². The van der Waals surface area contributed by atoms with Gasteiger partial charge in [0.2, 0.25) is 5.91 Å². The molecule has 8 heteroatoms. The van der Waals surface area contributed by atoms with Crippen LogP contribution in [-0.4, -0.2) is 20.9 Å². The van der Waals surface area contributed by atoms with Crippen LogP contribution in [0.2, 0.25) is 5.02 Å². The van der Waals surface area contributed by atoms with Gasteiger partial charge in [-0.2, -0.15) is 0 Å². The molecule has 0 unspecified atom stereocenters. The van der Waals surface area contributed by atoms with Gasteiger partial charge in [0.25, 0.3) is 0 Å². The van der Waals surface area contributed by atoms with Gasteiger partial charge in [0.15, 0.2) is 10.3 Å². The molecule has 1 amide bonds. The fourth-order valence-electron chi connectivity index (χ4n) is 2.54. The molecule has 2 heterocycles. The first-order valence-electron chi connectivity index (χ1n) is 7.87. The Morgan fingerprint density at radius 1 is 1.27 bits per heavy atom. The molecule has 3 aromatic rings. The maximum Gasteiger partial charge on any atom is 0.230 e. The van der Waals surface area contributed by atoms with E-state index in [4.69, 9.17) is 11.6 Å². The third-order valence-corrected chi connectivity index (χ3v) is 5.63. The number of aryl methyl sites for hydroxylation is 2. The summed E-state index contributed by atoms with van der Waals surface area (Å²) in [5.74, 6) is 0.506. The SMILES string of the molecule is CC(=O)N(c1nc(CSc2ncccn2)cs1)c1c(C)cc(C)cc1Cl. The summed E-state index contributed by atoms with van der Waals surface area (Å²) < 4.78 is 0. The maximum absolute atomic E-state index is 12.3. The lowest BCUT2D eigenvalue weighted by molar-refractivity contribution is -0.115. The molecule has 26 heavy (non-hydrogen) atoms. The molecule has 134 valence electrons. The first-order valence-corrected chi connectivity index (χ1v) is 10.1. The van der Waals surface area contributed by atoms with Gasteiger partial charge in [-0.1, -0.05) is 29.4 Å². The monoisotopic (exact) mass is 404 g/mol. The van der Waals surface area contributed by atoms with Crippen molar-refractivity contribution in [3.8, 4) is 0 Å². The van der Waals surface area contributed by atoms with Gasteiger partial charge in [0.05, 0.1) is 16.4 Å². The van der Waals surface area contributed by atoms with E-state index in [0.717, 1.165) is 16.8 Å². The van der Waals surface area contributed by atoms with Gasteiger partial charge in [0.1, 0.15) is 0 Å². The number of rotatable bonds is 5. The van der Waals surface area contributed by atoms with Gasteiger partial charge >= 0.3 is 0 Å². The Bertz CT molecular complexity index is 907. The van der Waals surface area contributed by atoms with E-state index in [-0.39, 0.29) is 5.91 Å². The largest absolute Gasteiger partial charge is 0.274 e. The van der Waals surface area contributed by atoms with Gasteiger partial charge in [-0.15, -0.1) is 11.3 Å². The number of hydrogen-bond donors (Lipinski definition) is 0. The zero-order valence-electron chi connectivity index (χ0n) is 14.6. The molecule has 1 aromatic carbocycles. The minimum Gasteiger partial charge on any atom is -0.274 e. The van der Waals surface area contributed by atoms with Crippen LogP contribution in [0.25, 0.3) is 0 Å². The number of halogens is 1. The van der Waals surface area contributed by atoms with E-state index >= 15 is 0 Å². The van der Waals surface area contributed by atoms with Crippen molar-refractivity contribution in [3.63, 3.8) is 0 Å². The number of carbonyl (C=O) groups excluding carboxylic acids is 1. The lowest BCUT2D eigenvalue weighted by Crippen LogP contribution is -2.24. The third kappa shape index (κ3) is 4.23. The van der Waals surface area contributed by atoms with Crippen molar-refractivity contribution in [2.75, 3.05) is 4.90 Å². The summed E-state index contributed by atoms with van der Waals surface area (Å²) in [5.41, 5.74) is 3.55. The first-order chi connectivity index (χ1) is 12.5. The van der Waals surface area contributed by atoms with Crippen LogP contribution in [0.15, 0.2) is 41.1 Å². The van der Waals surface area contributed by atoms with Crippen LogP contribution < -0.4 is 4.90 Å². The number of carbonyl (C=O) groups is 1. The van der Waals surface area contributed by atoms with Crippen LogP contribution in [0.4, 0.5) is 10.8 Å². The number of hydrogen-bond acceptors (Lipinski definition) is 6. The van der Waals surface area contributed by atoms with Crippen LogP contribution >= 0.6 is 34.7 Å². The van der Waals surface area contributed by atoms with E-state index in [1.165, 1.54) is 30.0 Å². The summed E-state index contributed by atoms with van der Waals surface area (Å²) in [6.07, 6.45) is 3.42. The van der Waals surface area contributed by atoms with Crippen molar-refractivity contribution in [1.82, 2.24) is 15.0 Å². The molecule has 2 aromatic heterocycles. The van der Waals surface area contributed by atoms with Crippen molar-refractivity contribution < 1.29 is 4.79 Å². The van der Waals surface area contributed by atoms with Crippen LogP contribution in [0.3, 0.4) is 0 Å². The highest BCUT2D eigenvalue weighted by atomic mass is 35.5. The van der Waals surface area contributed by atoms with Gasteiger partial charge in [-0.25, -0.2) is 15.0 Å². The Labute approximate surface area is 165 Å². The number of thiazole rings is 1. The zero-order chi connectivity index (χ0) is 18.7. The minimum atomic E-state index is -0.126. The molecule has 0 N–H and O–H groups in total. The molecule has 0 atom stereocenters. The third-order valence-electron chi connectivity index (χ3n) is 3.56. The Kier molecular flexibility index (Phi) is 5.90. The van der Waals surface area contributed by atoms with Crippen LogP contribution in [-0.2, 0) is 10.5 Å². The average Bonchev–Trinajstić information content (AvgIpc) is 3.05. The number of nitrogens with zero attached hydrogens (tertiary/aromatic N) is 4. The Morgan fingerprint density at radius 3 is 2.65 bits per heavy atom. The van der Waals surface area contributed by atoms with E-state index < -0.39 is 0 Å².